The van der Waals surface area contributed by atoms with E-state index in [1.807, 2.05) is 0 Å². The highest BCUT2D eigenvalue weighted by Crippen LogP contribution is 2.51. The molecule has 0 nitrogen and oxygen atoms in total. The molecule has 0 spiro atoms. The van der Waals surface area contributed by atoms with E-state index in [2.05, 4.69) is 27.7 Å². The lowest BCUT2D eigenvalue weighted by Gasteiger charge is -2.49. The zero-order valence-corrected chi connectivity index (χ0v) is 8.83. The molecule has 1 saturated heterocycles. The van der Waals surface area contributed by atoms with Crippen LogP contribution in [0.5, 0.6) is 0 Å². The monoisotopic (exact) mass is 156 g/mol. The van der Waals surface area contributed by atoms with Crippen molar-refractivity contribution in [2.24, 2.45) is 0 Å². The van der Waals surface area contributed by atoms with Gasteiger partial charge in [-0.1, -0.05) is 52.2 Å². The van der Waals surface area contributed by atoms with Crippen LogP contribution in [0.25, 0.3) is 0 Å². The molecule has 60 valence electrons. The summed E-state index contributed by atoms with van der Waals surface area (Å²) in [6, 6.07) is 4.72. The fourth-order valence-corrected chi connectivity index (χ4v) is 6.71. The number of rotatable bonds is 1. The first kappa shape index (κ1) is 8.31. The summed E-state index contributed by atoms with van der Waals surface area (Å²) in [5.41, 5.74) is 0. The van der Waals surface area contributed by atoms with Gasteiger partial charge in [-0.2, -0.15) is 0 Å². The Morgan fingerprint density at radius 3 is 1.70 bits per heavy atom. The Hall–Kier alpha value is 0.217. The van der Waals surface area contributed by atoms with Crippen LogP contribution in [0.3, 0.4) is 0 Å². The van der Waals surface area contributed by atoms with Crippen molar-refractivity contribution in [2.75, 3.05) is 0 Å². The molecular weight excluding hydrogens is 136 g/mol. The molecule has 1 aliphatic heterocycles. The molecular formula is C9H20Si. The minimum Gasteiger partial charge on any atom is -0.0678 e. The van der Waals surface area contributed by atoms with E-state index in [0.717, 1.165) is 0 Å². The van der Waals surface area contributed by atoms with E-state index in [9.17, 15) is 0 Å². The van der Waals surface area contributed by atoms with Gasteiger partial charge in [-0.05, 0) is 5.04 Å². The van der Waals surface area contributed by atoms with Crippen LogP contribution < -0.4 is 0 Å². The van der Waals surface area contributed by atoms with E-state index in [-0.39, 0.29) is 0 Å². The molecule has 0 saturated carbocycles. The molecule has 0 unspecified atom stereocenters. The SMILES string of the molecule is CC[Si]1(C(C)(C)C)CCC1. The maximum atomic E-state index is 2.45. The molecule has 0 amide bonds. The van der Waals surface area contributed by atoms with Crippen LogP contribution in [0.4, 0.5) is 0 Å². The van der Waals surface area contributed by atoms with E-state index in [1.54, 1.807) is 12.1 Å². The largest absolute Gasteiger partial charge is 0.0678 e. The van der Waals surface area contributed by atoms with Crippen LogP contribution in [0, 0.1) is 0 Å². The van der Waals surface area contributed by atoms with Crippen LogP contribution in [0.1, 0.15) is 34.1 Å². The second-order valence-corrected chi connectivity index (χ2v) is 10.5. The molecule has 0 radical (unpaired) electrons. The van der Waals surface area contributed by atoms with E-state index in [0.29, 0.717) is 5.04 Å². The Morgan fingerprint density at radius 1 is 1.20 bits per heavy atom. The van der Waals surface area contributed by atoms with Crippen molar-refractivity contribution in [3.05, 3.63) is 0 Å². The Morgan fingerprint density at radius 2 is 1.70 bits per heavy atom. The van der Waals surface area contributed by atoms with Gasteiger partial charge in [0.15, 0.2) is 0 Å². The zero-order chi connectivity index (χ0) is 7.83. The smallest absolute Gasteiger partial charge is 0.0586 e. The van der Waals surface area contributed by atoms with Gasteiger partial charge < -0.3 is 0 Å². The molecule has 0 aromatic rings. The van der Waals surface area contributed by atoms with Crippen LogP contribution in [-0.4, -0.2) is 8.07 Å². The standard InChI is InChI=1S/C9H20Si/c1-5-10(7-6-8-10)9(2,3)4/h5-8H2,1-4H3. The Balaban J connectivity index is 2.65. The lowest BCUT2D eigenvalue weighted by Crippen LogP contribution is -2.48. The van der Waals surface area contributed by atoms with Gasteiger partial charge in [-0.15, -0.1) is 0 Å². The Bertz CT molecular complexity index is 112. The Labute approximate surface area is 66.0 Å². The quantitative estimate of drug-likeness (QED) is 0.508. The molecule has 1 heteroatoms. The van der Waals surface area contributed by atoms with Gasteiger partial charge in [-0.25, -0.2) is 0 Å². The van der Waals surface area contributed by atoms with Crippen molar-refractivity contribution < 1.29 is 0 Å². The summed E-state index contributed by atoms with van der Waals surface area (Å²) in [5, 5.41) is 0.681. The van der Waals surface area contributed by atoms with Gasteiger partial charge in [0.1, 0.15) is 0 Å². The first-order valence-corrected chi connectivity index (χ1v) is 7.14. The highest BCUT2D eigenvalue weighted by molar-refractivity contribution is 6.84. The lowest BCUT2D eigenvalue weighted by molar-refractivity contribution is 0.652. The van der Waals surface area contributed by atoms with E-state index >= 15 is 0 Å². The average Bonchev–Trinajstić information content (AvgIpc) is 1.58. The van der Waals surface area contributed by atoms with Crippen molar-refractivity contribution in [1.82, 2.24) is 0 Å². The first-order valence-electron chi connectivity index (χ1n) is 4.52. The van der Waals surface area contributed by atoms with Crippen molar-refractivity contribution in [3.63, 3.8) is 0 Å². The summed E-state index contributed by atoms with van der Waals surface area (Å²) in [6.07, 6.45) is 1.53. The molecule has 1 aliphatic rings. The summed E-state index contributed by atoms with van der Waals surface area (Å²) in [5.74, 6) is 0. The normalized spacial score (nSPS) is 24.0. The molecule has 0 aromatic carbocycles. The van der Waals surface area contributed by atoms with Crippen molar-refractivity contribution in [2.45, 2.75) is 57.3 Å². The lowest BCUT2D eigenvalue weighted by atomic mass is 10.2. The number of hydrogen-bond donors (Lipinski definition) is 0. The predicted octanol–water partition coefficient (Wildman–Crippen LogP) is 3.66. The van der Waals surface area contributed by atoms with Gasteiger partial charge in [0.25, 0.3) is 0 Å². The molecule has 1 heterocycles. The molecule has 1 fully saturated rings. The van der Waals surface area contributed by atoms with Crippen LogP contribution >= 0.6 is 0 Å². The molecule has 0 N–H and O–H groups in total. The summed E-state index contributed by atoms with van der Waals surface area (Å²) >= 11 is 0. The third-order valence-electron chi connectivity index (χ3n) is 3.58. The predicted molar refractivity (Wildman–Crippen MR) is 50.2 cm³/mol. The maximum absolute atomic E-state index is 2.45. The van der Waals surface area contributed by atoms with E-state index < -0.39 is 8.07 Å². The molecule has 0 atom stereocenters. The van der Waals surface area contributed by atoms with Crippen molar-refractivity contribution in [3.8, 4) is 0 Å². The summed E-state index contributed by atoms with van der Waals surface area (Å²) < 4.78 is 0. The Kier molecular flexibility index (Phi) is 1.97. The average molecular weight is 156 g/mol. The van der Waals surface area contributed by atoms with Crippen molar-refractivity contribution in [1.29, 1.82) is 0 Å². The highest BCUT2D eigenvalue weighted by Gasteiger charge is 2.46. The molecule has 0 aliphatic carbocycles. The van der Waals surface area contributed by atoms with Crippen LogP contribution in [0.15, 0.2) is 0 Å². The molecule has 1 rings (SSSR count). The third kappa shape index (κ3) is 1.05. The number of hydrogen-bond acceptors (Lipinski definition) is 0. The zero-order valence-electron chi connectivity index (χ0n) is 7.83. The van der Waals surface area contributed by atoms with Gasteiger partial charge >= 0.3 is 0 Å². The van der Waals surface area contributed by atoms with Crippen LogP contribution in [0.2, 0.25) is 23.2 Å². The third-order valence-corrected chi connectivity index (χ3v) is 10.7. The molecule has 0 aromatic heterocycles. The molecule has 0 bridgehead atoms. The van der Waals surface area contributed by atoms with Crippen molar-refractivity contribution >= 4 is 8.07 Å². The van der Waals surface area contributed by atoms with E-state index in [1.165, 1.54) is 12.5 Å². The maximum Gasteiger partial charge on any atom is 0.0586 e. The molecule has 10 heavy (non-hydrogen) atoms. The topological polar surface area (TPSA) is 0 Å². The summed E-state index contributed by atoms with van der Waals surface area (Å²) in [4.78, 5) is 0. The second-order valence-electron chi connectivity index (χ2n) is 4.74. The minimum atomic E-state index is -0.718. The van der Waals surface area contributed by atoms with E-state index in [4.69, 9.17) is 0 Å². The summed E-state index contributed by atoms with van der Waals surface area (Å²) in [6.45, 7) is 9.74. The van der Waals surface area contributed by atoms with Crippen LogP contribution in [-0.2, 0) is 0 Å². The first-order chi connectivity index (χ1) is 4.52. The fraction of sp³-hybridized carbons (Fsp3) is 1.00. The van der Waals surface area contributed by atoms with Gasteiger partial charge in [0.05, 0.1) is 8.07 Å². The minimum absolute atomic E-state index is 0.681. The highest BCUT2D eigenvalue weighted by atomic mass is 28.3. The summed E-state index contributed by atoms with van der Waals surface area (Å²) in [7, 11) is -0.718. The van der Waals surface area contributed by atoms with Gasteiger partial charge in [0.2, 0.25) is 0 Å². The fourth-order valence-electron chi connectivity index (χ4n) is 2.24. The van der Waals surface area contributed by atoms with Gasteiger partial charge in [0, 0.05) is 0 Å². The van der Waals surface area contributed by atoms with Gasteiger partial charge in [-0.3, -0.25) is 0 Å². The second kappa shape index (κ2) is 2.37.